The number of hydrogen-bond donors (Lipinski definition) is 0. The standard InChI is InChI=1S/C15H10N2O5/c1-21-15(18)10-4-7-13-12(8-10)16-14(22-13)9-2-5-11(6-3-9)17(19)20/h2-8H,1H3. The molecular weight excluding hydrogens is 288 g/mol. The number of methoxy groups -OCH3 is 1. The first-order valence-corrected chi connectivity index (χ1v) is 6.32. The van der Waals surface area contributed by atoms with Crippen molar-refractivity contribution < 1.29 is 18.9 Å². The monoisotopic (exact) mass is 298 g/mol. The highest BCUT2D eigenvalue weighted by Crippen LogP contribution is 2.26. The summed E-state index contributed by atoms with van der Waals surface area (Å²) in [5, 5.41) is 10.6. The lowest BCUT2D eigenvalue weighted by molar-refractivity contribution is -0.384. The molecule has 3 aromatic rings. The summed E-state index contributed by atoms with van der Waals surface area (Å²) in [7, 11) is 1.30. The second-order valence-corrected chi connectivity index (χ2v) is 4.50. The van der Waals surface area contributed by atoms with Crippen LogP contribution in [0.2, 0.25) is 0 Å². The number of carbonyl (C=O) groups excluding carboxylic acids is 1. The van der Waals surface area contributed by atoms with Gasteiger partial charge in [0.15, 0.2) is 5.58 Å². The van der Waals surface area contributed by atoms with E-state index in [0.29, 0.717) is 28.1 Å². The van der Waals surface area contributed by atoms with Gasteiger partial charge in [-0.05, 0) is 30.3 Å². The molecule has 3 rings (SSSR count). The molecule has 0 saturated heterocycles. The van der Waals surface area contributed by atoms with E-state index in [1.807, 2.05) is 0 Å². The van der Waals surface area contributed by atoms with Crippen LogP contribution in [0.15, 0.2) is 46.9 Å². The summed E-state index contributed by atoms with van der Waals surface area (Å²) in [6.45, 7) is 0. The number of esters is 1. The maximum absolute atomic E-state index is 11.5. The van der Waals surface area contributed by atoms with Crippen molar-refractivity contribution in [3.8, 4) is 11.5 Å². The van der Waals surface area contributed by atoms with E-state index in [2.05, 4.69) is 9.72 Å². The van der Waals surface area contributed by atoms with E-state index in [-0.39, 0.29) is 5.69 Å². The summed E-state index contributed by atoms with van der Waals surface area (Å²) in [6.07, 6.45) is 0. The molecule has 110 valence electrons. The van der Waals surface area contributed by atoms with Gasteiger partial charge in [-0.3, -0.25) is 10.1 Å². The van der Waals surface area contributed by atoms with Crippen LogP contribution in [0.4, 0.5) is 5.69 Å². The number of nitro groups is 1. The molecule has 0 unspecified atom stereocenters. The normalized spacial score (nSPS) is 10.6. The van der Waals surface area contributed by atoms with Crippen LogP contribution < -0.4 is 0 Å². The van der Waals surface area contributed by atoms with Crippen molar-refractivity contribution in [2.75, 3.05) is 7.11 Å². The summed E-state index contributed by atoms with van der Waals surface area (Å²) >= 11 is 0. The van der Waals surface area contributed by atoms with Gasteiger partial charge in [0.25, 0.3) is 5.69 Å². The van der Waals surface area contributed by atoms with E-state index in [4.69, 9.17) is 4.42 Å². The maximum Gasteiger partial charge on any atom is 0.337 e. The van der Waals surface area contributed by atoms with E-state index >= 15 is 0 Å². The topological polar surface area (TPSA) is 95.5 Å². The van der Waals surface area contributed by atoms with Gasteiger partial charge in [-0.1, -0.05) is 0 Å². The Morgan fingerprint density at radius 1 is 1.23 bits per heavy atom. The maximum atomic E-state index is 11.5. The largest absolute Gasteiger partial charge is 0.465 e. The van der Waals surface area contributed by atoms with Gasteiger partial charge >= 0.3 is 5.97 Å². The molecule has 22 heavy (non-hydrogen) atoms. The summed E-state index contributed by atoms with van der Waals surface area (Å²) in [5.41, 5.74) is 2.00. The number of ether oxygens (including phenoxy) is 1. The van der Waals surface area contributed by atoms with Crippen molar-refractivity contribution in [2.45, 2.75) is 0 Å². The highest BCUT2D eigenvalue weighted by Gasteiger charge is 2.13. The van der Waals surface area contributed by atoms with E-state index in [1.54, 1.807) is 30.3 Å². The Bertz CT molecular complexity index is 867. The molecule has 0 aliphatic carbocycles. The molecule has 0 fully saturated rings. The van der Waals surface area contributed by atoms with Gasteiger partial charge < -0.3 is 9.15 Å². The van der Waals surface area contributed by atoms with Gasteiger partial charge in [0, 0.05) is 17.7 Å². The Balaban J connectivity index is 2.01. The van der Waals surface area contributed by atoms with Gasteiger partial charge in [-0.25, -0.2) is 9.78 Å². The molecule has 1 heterocycles. The van der Waals surface area contributed by atoms with E-state index in [9.17, 15) is 14.9 Å². The number of non-ortho nitro benzene ring substituents is 1. The van der Waals surface area contributed by atoms with Crippen LogP contribution in [0, 0.1) is 10.1 Å². The number of nitrogens with zero attached hydrogens (tertiary/aromatic N) is 2. The minimum absolute atomic E-state index is 0.00663. The number of nitro benzene ring substituents is 1. The molecule has 0 bridgehead atoms. The van der Waals surface area contributed by atoms with Gasteiger partial charge in [0.2, 0.25) is 5.89 Å². The number of hydrogen-bond acceptors (Lipinski definition) is 6. The first kappa shape index (κ1) is 13.7. The second kappa shape index (κ2) is 5.28. The molecule has 0 spiro atoms. The fraction of sp³-hybridized carbons (Fsp3) is 0.0667. The van der Waals surface area contributed by atoms with Gasteiger partial charge in [-0.2, -0.15) is 0 Å². The SMILES string of the molecule is COC(=O)c1ccc2oc(-c3ccc([N+](=O)[O-])cc3)nc2c1. The van der Waals surface area contributed by atoms with Gasteiger partial charge in [0.1, 0.15) is 5.52 Å². The Morgan fingerprint density at radius 3 is 2.59 bits per heavy atom. The molecule has 7 nitrogen and oxygen atoms in total. The Kier molecular flexibility index (Phi) is 3.30. The van der Waals surface area contributed by atoms with Crippen molar-refractivity contribution in [1.29, 1.82) is 0 Å². The van der Waals surface area contributed by atoms with Crippen LogP contribution in [0.25, 0.3) is 22.6 Å². The summed E-state index contributed by atoms with van der Waals surface area (Å²) in [5.74, 6) is -0.131. The third kappa shape index (κ3) is 2.39. The lowest BCUT2D eigenvalue weighted by Gasteiger charge is -1.96. The number of oxazole rings is 1. The van der Waals surface area contributed by atoms with Crippen LogP contribution in [0.5, 0.6) is 0 Å². The van der Waals surface area contributed by atoms with Gasteiger partial charge in [-0.15, -0.1) is 0 Å². The predicted molar refractivity (Wildman–Crippen MR) is 77.4 cm³/mol. The lowest BCUT2D eigenvalue weighted by Crippen LogP contribution is -2.00. The zero-order valence-electron chi connectivity index (χ0n) is 11.5. The number of aromatic nitrogens is 1. The van der Waals surface area contributed by atoms with Crippen molar-refractivity contribution in [3.63, 3.8) is 0 Å². The first-order valence-electron chi connectivity index (χ1n) is 6.32. The molecule has 0 radical (unpaired) electrons. The molecule has 1 aromatic heterocycles. The van der Waals surface area contributed by atoms with Crippen molar-refractivity contribution >= 4 is 22.8 Å². The third-order valence-corrected chi connectivity index (χ3v) is 3.13. The molecule has 0 aliphatic rings. The minimum Gasteiger partial charge on any atom is -0.465 e. The average molecular weight is 298 g/mol. The summed E-state index contributed by atoms with van der Waals surface area (Å²) < 4.78 is 10.2. The lowest BCUT2D eigenvalue weighted by atomic mass is 10.2. The fourth-order valence-electron chi connectivity index (χ4n) is 2.02. The quantitative estimate of drug-likeness (QED) is 0.418. The Hall–Kier alpha value is -3.22. The molecular formula is C15H10N2O5. The fourth-order valence-corrected chi connectivity index (χ4v) is 2.02. The second-order valence-electron chi connectivity index (χ2n) is 4.50. The zero-order chi connectivity index (χ0) is 15.7. The molecule has 2 aromatic carbocycles. The number of carbonyl (C=O) groups is 1. The Labute approximate surface area is 124 Å². The van der Waals surface area contributed by atoms with E-state index in [0.717, 1.165) is 0 Å². The van der Waals surface area contributed by atoms with Crippen LogP contribution in [-0.4, -0.2) is 23.0 Å². The molecule has 7 heteroatoms. The summed E-state index contributed by atoms with van der Waals surface area (Å²) in [6, 6.07) is 10.7. The zero-order valence-corrected chi connectivity index (χ0v) is 11.5. The van der Waals surface area contributed by atoms with Crippen LogP contribution in [-0.2, 0) is 4.74 Å². The van der Waals surface area contributed by atoms with Crippen LogP contribution in [0.1, 0.15) is 10.4 Å². The Morgan fingerprint density at radius 2 is 1.95 bits per heavy atom. The number of rotatable bonds is 3. The smallest absolute Gasteiger partial charge is 0.337 e. The van der Waals surface area contributed by atoms with Crippen molar-refractivity contribution in [2.24, 2.45) is 0 Å². The first-order chi connectivity index (χ1) is 10.6. The third-order valence-electron chi connectivity index (χ3n) is 3.13. The number of fused-ring (bicyclic) bond motifs is 1. The average Bonchev–Trinajstić information content (AvgIpc) is 2.97. The van der Waals surface area contributed by atoms with Crippen LogP contribution >= 0.6 is 0 Å². The minimum atomic E-state index is -0.474. The van der Waals surface area contributed by atoms with Crippen LogP contribution in [0.3, 0.4) is 0 Å². The van der Waals surface area contributed by atoms with Crippen molar-refractivity contribution in [1.82, 2.24) is 4.98 Å². The molecule has 0 N–H and O–H groups in total. The van der Waals surface area contributed by atoms with Crippen molar-refractivity contribution in [3.05, 3.63) is 58.1 Å². The molecule has 0 saturated carbocycles. The van der Waals surface area contributed by atoms with E-state index < -0.39 is 10.9 Å². The number of benzene rings is 2. The highest BCUT2D eigenvalue weighted by molar-refractivity contribution is 5.93. The predicted octanol–water partition coefficient (Wildman–Crippen LogP) is 3.19. The van der Waals surface area contributed by atoms with E-state index in [1.165, 1.54) is 19.2 Å². The molecule has 0 aliphatic heterocycles. The highest BCUT2D eigenvalue weighted by atomic mass is 16.6. The molecule has 0 atom stereocenters. The summed E-state index contributed by atoms with van der Waals surface area (Å²) in [4.78, 5) is 25.9. The van der Waals surface area contributed by atoms with Gasteiger partial charge in [0.05, 0.1) is 17.6 Å². The molecule has 0 amide bonds.